The molecular weight excluding hydrogens is 610 g/mol. The molecule has 4 rings (SSSR count). The number of ether oxygens (including phenoxy) is 2. The van der Waals surface area contributed by atoms with Crippen LogP contribution in [-0.2, 0) is 25.6 Å². The first kappa shape index (κ1) is 36.5. The van der Waals surface area contributed by atoms with Crippen LogP contribution in [0.4, 0.5) is 0 Å². The number of likely N-dealkylation sites (N-methyl/N-ethyl adjacent to an activating group) is 1. The third-order valence-electron chi connectivity index (χ3n) is 9.18. The van der Waals surface area contributed by atoms with Crippen LogP contribution in [0.3, 0.4) is 0 Å². The van der Waals surface area contributed by atoms with Gasteiger partial charge in [-0.2, -0.15) is 0 Å². The van der Waals surface area contributed by atoms with Gasteiger partial charge in [-0.15, -0.1) is 0 Å². The molecule has 0 unspecified atom stereocenters. The molecule has 1 saturated heterocycles. The summed E-state index contributed by atoms with van der Waals surface area (Å²) in [6, 6.07) is 11.8. The van der Waals surface area contributed by atoms with Gasteiger partial charge in [0, 0.05) is 24.7 Å². The van der Waals surface area contributed by atoms with Gasteiger partial charge >= 0.3 is 0 Å². The van der Waals surface area contributed by atoms with E-state index in [4.69, 9.17) is 9.47 Å². The Balaban J connectivity index is 1.67. The lowest BCUT2D eigenvalue weighted by atomic mass is 9.97. The lowest BCUT2D eigenvalue weighted by Crippen LogP contribution is -2.60. The fourth-order valence-corrected chi connectivity index (χ4v) is 6.29. The van der Waals surface area contributed by atoms with E-state index in [0.29, 0.717) is 42.7 Å². The molecule has 2 heterocycles. The van der Waals surface area contributed by atoms with Gasteiger partial charge in [0.05, 0.1) is 13.2 Å². The van der Waals surface area contributed by atoms with Gasteiger partial charge in [0.15, 0.2) is 0 Å². The van der Waals surface area contributed by atoms with Crippen molar-refractivity contribution in [2.75, 3.05) is 27.7 Å². The molecule has 4 amide bonds. The van der Waals surface area contributed by atoms with E-state index in [1.807, 2.05) is 77.0 Å². The Morgan fingerprint density at radius 2 is 1.81 bits per heavy atom. The Hall–Kier alpha value is -4.38. The lowest BCUT2D eigenvalue weighted by Gasteiger charge is -2.33. The average Bonchev–Trinajstić information content (AvgIpc) is 3.48. The van der Waals surface area contributed by atoms with Crippen molar-refractivity contribution >= 4 is 29.7 Å². The van der Waals surface area contributed by atoms with Crippen molar-refractivity contribution in [2.45, 2.75) is 83.6 Å². The normalized spacial score (nSPS) is 22.1. The van der Waals surface area contributed by atoms with E-state index in [1.165, 1.54) is 11.1 Å². The van der Waals surface area contributed by atoms with Crippen molar-refractivity contribution in [1.82, 2.24) is 25.8 Å². The van der Waals surface area contributed by atoms with E-state index < -0.39 is 36.2 Å². The zero-order valence-electron chi connectivity index (χ0n) is 29.2. The fourth-order valence-electron chi connectivity index (χ4n) is 6.29. The second-order valence-corrected chi connectivity index (χ2v) is 13.4. The van der Waals surface area contributed by atoms with Crippen LogP contribution in [-0.4, -0.2) is 91.4 Å². The largest absolute Gasteiger partial charge is 0.496 e. The van der Waals surface area contributed by atoms with Crippen molar-refractivity contribution in [3.05, 3.63) is 65.9 Å². The summed E-state index contributed by atoms with van der Waals surface area (Å²) in [6.45, 7) is 8.08. The molecular formula is C37H51N5O6. The zero-order valence-corrected chi connectivity index (χ0v) is 29.2. The highest BCUT2D eigenvalue weighted by atomic mass is 16.5. The van der Waals surface area contributed by atoms with E-state index in [1.54, 1.807) is 31.4 Å². The van der Waals surface area contributed by atoms with Gasteiger partial charge in [-0.3, -0.25) is 24.1 Å². The van der Waals surface area contributed by atoms with Gasteiger partial charge in [-0.25, -0.2) is 0 Å². The number of methoxy groups -OCH3 is 1. The lowest BCUT2D eigenvalue weighted by molar-refractivity contribution is -0.144. The zero-order chi connectivity index (χ0) is 35.0. The molecule has 0 radical (unpaired) electrons. The Kier molecular flexibility index (Phi) is 12.6. The molecule has 2 aliphatic heterocycles. The molecule has 6 atom stereocenters. The van der Waals surface area contributed by atoms with Crippen molar-refractivity contribution in [3.8, 4) is 11.5 Å². The number of carbonyl (C=O) groups excluding carboxylic acids is 4. The second-order valence-electron chi connectivity index (χ2n) is 13.4. The van der Waals surface area contributed by atoms with E-state index in [9.17, 15) is 19.2 Å². The molecule has 0 aromatic heterocycles. The number of rotatable bonds is 11. The minimum Gasteiger partial charge on any atom is -0.496 e. The van der Waals surface area contributed by atoms with E-state index in [-0.39, 0.29) is 36.1 Å². The van der Waals surface area contributed by atoms with Crippen LogP contribution >= 0.6 is 0 Å². The monoisotopic (exact) mass is 661 g/mol. The Morgan fingerprint density at radius 3 is 2.46 bits per heavy atom. The second kappa shape index (κ2) is 16.6. The van der Waals surface area contributed by atoms with Crippen LogP contribution in [0.2, 0.25) is 0 Å². The first-order valence-electron chi connectivity index (χ1n) is 16.9. The maximum atomic E-state index is 14.4. The quantitative estimate of drug-likeness (QED) is 0.337. The van der Waals surface area contributed by atoms with Crippen molar-refractivity contribution in [3.63, 3.8) is 0 Å². The summed E-state index contributed by atoms with van der Waals surface area (Å²) in [6.07, 6.45) is 4.45. The summed E-state index contributed by atoms with van der Waals surface area (Å²) in [5.74, 6) is -0.480. The SMILES string of the molecule is CC[C@H](C)[C@@H]1NC(=O)[C@@H]2[C@@H](CCN2C(=O)[C@H](CC(C)C)NC(=O)[C@H](Cc2ccccc2)N(C)C)Oc2ccc(OC)c(c2)/C=C\NC1=O. The molecule has 260 valence electrons. The number of hydrogen-bond donors (Lipinski definition) is 3. The molecule has 2 aliphatic rings. The molecule has 2 aromatic carbocycles. The summed E-state index contributed by atoms with van der Waals surface area (Å²) in [4.78, 5) is 59.2. The van der Waals surface area contributed by atoms with Gasteiger partial charge < -0.3 is 30.3 Å². The number of amides is 4. The highest BCUT2D eigenvalue weighted by molar-refractivity contribution is 5.96. The molecule has 11 heteroatoms. The van der Waals surface area contributed by atoms with Crippen LogP contribution < -0.4 is 25.4 Å². The maximum Gasteiger partial charge on any atom is 0.247 e. The standard InChI is InChI=1S/C37H51N5O6/c1-8-24(4)32-35(44)38-18-16-26-22-27(14-15-30(26)47-7)48-31-17-19-42(33(31)36(45)40-32)37(46)28(20-23(2)3)39-34(43)29(41(5)6)21-25-12-10-9-11-13-25/h9-16,18,22-24,28-29,31-33H,8,17,19-21H2,1-7H3,(H,38,44)(H,39,43)(H,40,45)/b18-16-/t24-,28-,29-,31+,32-,33-/m0/s1. The van der Waals surface area contributed by atoms with Crippen LogP contribution in [0.25, 0.3) is 6.08 Å². The predicted molar refractivity (Wildman–Crippen MR) is 185 cm³/mol. The first-order chi connectivity index (χ1) is 22.9. The number of benzene rings is 2. The third kappa shape index (κ3) is 8.94. The van der Waals surface area contributed by atoms with Crippen LogP contribution in [0.1, 0.15) is 58.1 Å². The number of nitrogens with one attached hydrogen (secondary N) is 3. The number of nitrogens with zero attached hydrogens (tertiary/aromatic N) is 2. The summed E-state index contributed by atoms with van der Waals surface area (Å²) < 4.78 is 11.9. The molecule has 0 saturated carbocycles. The van der Waals surface area contributed by atoms with E-state index in [0.717, 1.165) is 5.56 Å². The fraction of sp³-hybridized carbons (Fsp3) is 0.514. The molecule has 3 N–H and O–H groups in total. The summed E-state index contributed by atoms with van der Waals surface area (Å²) in [7, 11) is 5.25. The van der Waals surface area contributed by atoms with Crippen LogP contribution in [0, 0.1) is 11.8 Å². The average molecular weight is 662 g/mol. The van der Waals surface area contributed by atoms with Crippen molar-refractivity contribution < 1.29 is 28.7 Å². The summed E-state index contributed by atoms with van der Waals surface area (Å²) in [5.41, 5.74) is 1.69. The van der Waals surface area contributed by atoms with Gasteiger partial charge in [-0.1, -0.05) is 64.4 Å². The third-order valence-corrected chi connectivity index (χ3v) is 9.18. The summed E-state index contributed by atoms with van der Waals surface area (Å²) in [5, 5.41) is 8.79. The summed E-state index contributed by atoms with van der Waals surface area (Å²) >= 11 is 0. The molecule has 1 fully saturated rings. The molecule has 2 aromatic rings. The minimum atomic E-state index is -1.03. The Morgan fingerprint density at radius 1 is 1.08 bits per heavy atom. The maximum absolute atomic E-state index is 14.4. The number of fused-ring (bicyclic) bond motifs is 3. The van der Waals surface area contributed by atoms with Gasteiger partial charge in [0.1, 0.15) is 35.7 Å². The molecule has 0 spiro atoms. The minimum absolute atomic E-state index is 0.0819. The van der Waals surface area contributed by atoms with Crippen molar-refractivity contribution in [2.24, 2.45) is 11.8 Å². The first-order valence-corrected chi connectivity index (χ1v) is 16.9. The molecule has 11 nitrogen and oxygen atoms in total. The Bertz CT molecular complexity index is 1460. The molecule has 2 bridgehead atoms. The number of likely N-dealkylation sites (tertiary alicyclic amines) is 1. The predicted octanol–water partition coefficient (Wildman–Crippen LogP) is 3.38. The van der Waals surface area contributed by atoms with Gasteiger partial charge in [0.2, 0.25) is 23.6 Å². The molecule has 48 heavy (non-hydrogen) atoms. The van der Waals surface area contributed by atoms with Crippen molar-refractivity contribution in [1.29, 1.82) is 0 Å². The van der Waals surface area contributed by atoms with Gasteiger partial charge in [0.25, 0.3) is 0 Å². The Labute approximate surface area is 284 Å². The molecule has 0 aliphatic carbocycles. The van der Waals surface area contributed by atoms with Crippen LogP contribution in [0.15, 0.2) is 54.7 Å². The number of carbonyl (C=O) groups is 4. The topological polar surface area (TPSA) is 129 Å². The highest BCUT2D eigenvalue weighted by Crippen LogP contribution is 2.30. The smallest absolute Gasteiger partial charge is 0.247 e. The van der Waals surface area contributed by atoms with E-state index in [2.05, 4.69) is 16.0 Å². The highest BCUT2D eigenvalue weighted by Gasteiger charge is 2.46. The number of hydrogen-bond acceptors (Lipinski definition) is 7. The van der Waals surface area contributed by atoms with Crippen LogP contribution in [0.5, 0.6) is 11.5 Å². The van der Waals surface area contributed by atoms with Gasteiger partial charge in [-0.05, 0) is 68.6 Å². The van der Waals surface area contributed by atoms with E-state index >= 15 is 0 Å².